The number of halogens is 2. The molecule has 0 amide bonds. The van der Waals surface area contributed by atoms with Crippen LogP contribution >= 0.6 is 27.5 Å². The monoisotopic (exact) mass is 276 g/mol. The number of nitro groups is 1. The van der Waals surface area contributed by atoms with Gasteiger partial charge in [0.2, 0.25) is 5.70 Å². The Balaban J connectivity index is 3.09. The fraction of sp³-hybridized carbons (Fsp3) is 0.125. The summed E-state index contributed by atoms with van der Waals surface area (Å²) in [6, 6.07) is 1.63. The zero-order valence-electron chi connectivity index (χ0n) is 7.20. The van der Waals surface area contributed by atoms with Gasteiger partial charge in [0.1, 0.15) is 0 Å². The molecule has 0 aromatic carbocycles. The number of pyridine rings is 1. The molecule has 14 heavy (non-hydrogen) atoms. The fourth-order valence-electron chi connectivity index (χ4n) is 0.782. The Kier molecular flexibility index (Phi) is 3.60. The second-order valence-corrected chi connectivity index (χ2v) is 3.89. The molecule has 4 nitrogen and oxygen atoms in total. The summed E-state index contributed by atoms with van der Waals surface area (Å²) in [5.74, 6) is 0. The van der Waals surface area contributed by atoms with E-state index in [9.17, 15) is 10.1 Å². The number of allylic oxidation sites excluding steroid dienone is 1. The summed E-state index contributed by atoms with van der Waals surface area (Å²) in [6.45, 7) is 1.39. The van der Waals surface area contributed by atoms with Gasteiger partial charge in [-0.25, -0.2) is 0 Å². The molecule has 1 aromatic rings. The van der Waals surface area contributed by atoms with Crippen molar-refractivity contribution >= 4 is 33.6 Å². The molecular formula is C8H6BrClN2O2. The predicted molar refractivity (Wildman–Crippen MR) is 57.6 cm³/mol. The van der Waals surface area contributed by atoms with Crippen LogP contribution in [0.1, 0.15) is 12.6 Å². The first kappa shape index (κ1) is 11.1. The lowest BCUT2D eigenvalue weighted by Gasteiger charge is -1.97. The number of rotatable bonds is 2. The van der Waals surface area contributed by atoms with Crippen molar-refractivity contribution in [2.24, 2.45) is 0 Å². The smallest absolute Gasteiger partial charge is 0.245 e. The first-order valence-corrected chi connectivity index (χ1v) is 4.81. The minimum atomic E-state index is -0.486. The van der Waals surface area contributed by atoms with Crippen molar-refractivity contribution < 1.29 is 4.92 Å². The highest BCUT2D eigenvalue weighted by molar-refractivity contribution is 9.10. The van der Waals surface area contributed by atoms with Crippen LogP contribution in [0.4, 0.5) is 0 Å². The Bertz CT molecular complexity index is 406. The lowest BCUT2D eigenvalue weighted by Crippen LogP contribution is -1.94. The number of aromatic nitrogens is 1. The molecule has 0 N–H and O–H groups in total. The maximum atomic E-state index is 10.3. The van der Waals surface area contributed by atoms with Crippen LogP contribution in [0.5, 0.6) is 0 Å². The fourth-order valence-corrected chi connectivity index (χ4v) is 1.47. The van der Waals surface area contributed by atoms with Gasteiger partial charge in [0.05, 0.1) is 15.6 Å². The van der Waals surface area contributed by atoms with Crippen LogP contribution in [0.3, 0.4) is 0 Å². The van der Waals surface area contributed by atoms with Gasteiger partial charge in [0.25, 0.3) is 0 Å². The second kappa shape index (κ2) is 4.52. The molecule has 0 fully saturated rings. The van der Waals surface area contributed by atoms with Gasteiger partial charge in [-0.3, -0.25) is 15.1 Å². The van der Waals surface area contributed by atoms with E-state index in [1.807, 2.05) is 0 Å². The van der Waals surface area contributed by atoms with E-state index in [2.05, 4.69) is 20.9 Å². The minimum absolute atomic E-state index is 0.00159. The Morgan fingerprint density at radius 1 is 1.79 bits per heavy atom. The van der Waals surface area contributed by atoms with Gasteiger partial charge < -0.3 is 0 Å². The van der Waals surface area contributed by atoms with Crippen LogP contribution in [0.15, 0.2) is 22.4 Å². The maximum absolute atomic E-state index is 10.3. The van der Waals surface area contributed by atoms with Gasteiger partial charge in [-0.05, 0) is 22.0 Å². The van der Waals surface area contributed by atoms with Crippen molar-refractivity contribution in [2.75, 3.05) is 0 Å². The predicted octanol–water partition coefficient (Wildman–Crippen LogP) is 3.14. The van der Waals surface area contributed by atoms with E-state index in [1.165, 1.54) is 19.2 Å². The molecule has 0 bridgehead atoms. The highest BCUT2D eigenvalue weighted by Crippen LogP contribution is 2.20. The number of hydrogen-bond donors (Lipinski definition) is 0. The van der Waals surface area contributed by atoms with Crippen molar-refractivity contribution in [3.8, 4) is 0 Å². The summed E-state index contributed by atoms with van der Waals surface area (Å²) < 4.78 is 0.735. The topological polar surface area (TPSA) is 56.0 Å². The molecule has 1 rings (SSSR count). The Morgan fingerprint density at radius 2 is 2.43 bits per heavy atom. The van der Waals surface area contributed by atoms with E-state index < -0.39 is 4.92 Å². The first-order chi connectivity index (χ1) is 6.50. The number of nitrogens with zero attached hydrogens (tertiary/aromatic N) is 2. The summed E-state index contributed by atoms with van der Waals surface area (Å²) in [5.41, 5.74) is 0.394. The summed E-state index contributed by atoms with van der Waals surface area (Å²) in [5, 5.41) is 10.7. The average Bonchev–Trinajstić information content (AvgIpc) is 2.09. The molecule has 0 radical (unpaired) electrons. The molecule has 1 heterocycles. The first-order valence-electron chi connectivity index (χ1n) is 3.64. The minimum Gasteiger partial charge on any atom is -0.259 e. The Hall–Kier alpha value is -0.940. The molecule has 0 saturated heterocycles. The molecule has 1 aromatic heterocycles. The Morgan fingerprint density at radius 3 is 2.93 bits per heavy atom. The van der Waals surface area contributed by atoms with Crippen LogP contribution in [0, 0.1) is 10.1 Å². The molecule has 0 aliphatic rings. The third-order valence-corrected chi connectivity index (χ3v) is 2.21. The summed E-state index contributed by atoms with van der Waals surface area (Å²) in [6.07, 6.45) is 2.86. The van der Waals surface area contributed by atoms with Crippen molar-refractivity contribution in [2.45, 2.75) is 6.92 Å². The van der Waals surface area contributed by atoms with Crippen molar-refractivity contribution in [1.29, 1.82) is 0 Å². The highest BCUT2D eigenvalue weighted by Gasteiger charge is 2.06. The largest absolute Gasteiger partial charge is 0.259 e. The molecule has 6 heteroatoms. The third kappa shape index (κ3) is 2.78. The molecule has 0 saturated carbocycles. The Labute approximate surface area is 93.9 Å². The summed E-state index contributed by atoms with van der Waals surface area (Å²) in [4.78, 5) is 13.8. The number of hydrogen-bond acceptors (Lipinski definition) is 3. The molecule has 0 spiro atoms. The van der Waals surface area contributed by atoms with Gasteiger partial charge >= 0.3 is 0 Å². The maximum Gasteiger partial charge on any atom is 0.245 e. The standard InChI is InChI=1S/C8H6BrClN2O2/c1-5(12(13)14)2-8-7(10)3-6(9)4-11-8/h2-4H,1H3/b5-2+. The van der Waals surface area contributed by atoms with E-state index in [-0.39, 0.29) is 5.70 Å². The quantitative estimate of drug-likeness (QED) is 0.616. The van der Waals surface area contributed by atoms with Gasteiger partial charge in [-0.15, -0.1) is 0 Å². The van der Waals surface area contributed by atoms with Gasteiger partial charge in [-0.2, -0.15) is 0 Å². The third-order valence-electron chi connectivity index (χ3n) is 1.47. The molecule has 0 unspecified atom stereocenters. The van der Waals surface area contributed by atoms with E-state index >= 15 is 0 Å². The van der Waals surface area contributed by atoms with E-state index in [4.69, 9.17) is 11.6 Å². The molecular weight excluding hydrogens is 271 g/mol. The lowest BCUT2D eigenvalue weighted by atomic mass is 10.3. The van der Waals surface area contributed by atoms with E-state index in [1.54, 1.807) is 6.07 Å². The second-order valence-electron chi connectivity index (χ2n) is 2.56. The highest BCUT2D eigenvalue weighted by atomic mass is 79.9. The molecule has 0 aliphatic carbocycles. The molecule has 0 aliphatic heterocycles. The van der Waals surface area contributed by atoms with E-state index in [0.29, 0.717) is 10.7 Å². The molecule has 74 valence electrons. The van der Waals surface area contributed by atoms with Crippen LogP contribution < -0.4 is 0 Å². The van der Waals surface area contributed by atoms with Crippen molar-refractivity contribution in [3.63, 3.8) is 0 Å². The van der Waals surface area contributed by atoms with Gasteiger partial charge in [0, 0.05) is 23.7 Å². The van der Waals surface area contributed by atoms with Crippen LogP contribution in [-0.4, -0.2) is 9.91 Å². The van der Waals surface area contributed by atoms with Gasteiger partial charge in [-0.1, -0.05) is 11.6 Å². The van der Waals surface area contributed by atoms with Crippen LogP contribution in [-0.2, 0) is 0 Å². The van der Waals surface area contributed by atoms with Crippen molar-refractivity contribution in [3.05, 3.63) is 43.3 Å². The SMILES string of the molecule is C/C(=C\c1ncc(Br)cc1Cl)[N+](=O)[O-]. The normalized spacial score (nSPS) is 11.5. The van der Waals surface area contributed by atoms with Crippen LogP contribution in [0.25, 0.3) is 6.08 Å². The lowest BCUT2D eigenvalue weighted by molar-refractivity contribution is -0.422. The van der Waals surface area contributed by atoms with Gasteiger partial charge in [0.15, 0.2) is 0 Å². The summed E-state index contributed by atoms with van der Waals surface area (Å²) >= 11 is 9.01. The van der Waals surface area contributed by atoms with Crippen molar-refractivity contribution in [1.82, 2.24) is 4.98 Å². The van der Waals surface area contributed by atoms with E-state index in [0.717, 1.165) is 4.47 Å². The molecule has 0 atom stereocenters. The zero-order valence-corrected chi connectivity index (χ0v) is 9.54. The summed E-state index contributed by atoms with van der Waals surface area (Å²) in [7, 11) is 0. The average molecular weight is 278 g/mol. The van der Waals surface area contributed by atoms with Crippen LogP contribution in [0.2, 0.25) is 5.02 Å². The zero-order chi connectivity index (χ0) is 10.7.